The predicted molar refractivity (Wildman–Crippen MR) is 95.7 cm³/mol. The molecule has 0 bridgehead atoms. The first-order valence-corrected chi connectivity index (χ1v) is 8.56. The van der Waals surface area contributed by atoms with Gasteiger partial charge in [0.2, 0.25) is 0 Å². The van der Waals surface area contributed by atoms with Gasteiger partial charge in [-0.1, -0.05) is 12.1 Å². The summed E-state index contributed by atoms with van der Waals surface area (Å²) in [5, 5.41) is -0.282. The van der Waals surface area contributed by atoms with E-state index in [1.807, 2.05) is 35.8 Å². The molecule has 1 unspecified atom stereocenters. The van der Waals surface area contributed by atoms with Crippen LogP contribution in [0.4, 0.5) is 4.39 Å². The van der Waals surface area contributed by atoms with Crippen molar-refractivity contribution in [1.29, 1.82) is 0 Å². The van der Waals surface area contributed by atoms with Crippen molar-refractivity contribution in [3.8, 4) is 5.69 Å². The first kappa shape index (κ1) is 15.2. The fourth-order valence-electron chi connectivity index (χ4n) is 2.24. The first-order chi connectivity index (χ1) is 9.99. The molecule has 0 radical (unpaired) electrons. The van der Waals surface area contributed by atoms with Gasteiger partial charge >= 0.3 is 0 Å². The van der Waals surface area contributed by atoms with E-state index in [-0.39, 0.29) is 11.2 Å². The van der Waals surface area contributed by atoms with E-state index in [2.05, 4.69) is 43.5 Å². The zero-order chi connectivity index (χ0) is 15.1. The van der Waals surface area contributed by atoms with Crippen molar-refractivity contribution in [2.75, 3.05) is 0 Å². The summed E-state index contributed by atoms with van der Waals surface area (Å²) in [7, 11) is 0. The lowest BCUT2D eigenvalue weighted by Gasteiger charge is -2.12. The van der Waals surface area contributed by atoms with Crippen LogP contribution in [-0.4, -0.2) is 9.55 Å². The SMILES string of the molecule is CC(Cl)c1nc2cc(F)c(Br)cc2n1-c1ccccc1I. The molecule has 3 aromatic rings. The van der Waals surface area contributed by atoms with Crippen molar-refractivity contribution in [2.24, 2.45) is 0 Å². The topological polar surface area (TPSA) is 17.8 Å². The van der Waals surface area contributed by atoms with E-state index >= 15 is 0 Å². The summed E-state index contributed by atoms with van der Waals surface area (Å²) in [6.07, 6.45) is 0. The summed E-state index contributed by atoms with van der Waals surface area (Å²) in [5.41, 5.74) is 2.41. The molecule has 0 fully saturated rings. The molecule has 0 saturated carbocycles. The second-order valence-electron chi connectivity index (χ2n) is 4.63. The van der Waals surface area contributed by atoms with Gasteiger partial charge in [-0.25, -0.2) is 9.37 Å². The maximum Gasteiger partial charge on any atom is 0.139 e. The summed E-state index contributed by atoms with van der Waals surface area (Å²) >= 11 is 11.8. The summed E-state index contributed by atoms with van der Waals surface area (Å²) < 4.78 is 17.2. The Morgan fingerprint density at radius 2 is 2.05 bits per heavy atom. The Morgan fingerprint density at radius 3 is 2.71 bits per heavy atom. The number of rotatable bonds is 2. The van der Waals surface area contributed by atoms with Gasteiger partial charge in [0.25, 0.3) is 0 Å². The highest BCUT2D eigenvalue weighted by atomic mass is 127. The maximum absolute atomic E-state index is 13.7. The van der Waals surface area contributed by atoms with Crippen LogP contribution in [0.5, 0.6) is 0 Å². The van der Waals surface area contributed by atoms with Gasteiger partial charge in [0.15, 0.2) is 0 Å². The van der Waals surface area contributed by atoms with E-state index in [4.69, 9.17) is 11.6 Å². The molecule has 0 spiro atoms. The van der Waals surface area contributed by atoms with Gasteiger partial charge in [-0.3, -0.25) is 4.57 Å². The van der Waals surface area contributed by atoms with Gasteiger partial charge in [0, 0.05) is 9.64 Å². The number of halogens is 4. The Balaban J connectivity index is 2.41. The van der Waals surface area contributed by atoms with E-state index < -0.39 is 0 Å². The molecule has 1 atom stereocenters. The minimum absolute atomic E-state index is 0.282. The number of fused-ring (bicyclic) bond motifs is 1. The third-order valence-electron chi connectivity index (χ3n) is 3.17. The zero-order valence-corrected chi connectivity index (χ0v) is 15.4. The molecule has 0 saturated heterocycles. The van der Waals surface area contributed by atoms with Crippen LogP contribution in [0.2, 0.25) is 0 Å². The molecule has 0 aliphatic carbocycles. The highest BCUT2D eigenvalue weighted by Crippen LogP contribution is 2.32. The van der Waals surface area contributed by atoms with Crippen molar-refractivity contribution in [2.45, 2.75) is 12.3 Å². The third-order valence-corrected chi connectivity index (χ3v) is 4.89. The minimum Gasteiger partial charge on any atom is -0.294 e. The van der Waals surface area contributed by atoms with Crippen molar-refractivity contribution in [1.82, 2.24) is 9.55 Å². The van der Waals surface area contributed by atoms with Crippen molar-refractivity contribution >= 4 is 61.2 Å². The lowest BCUT2D eigenvalue weighted by molar-refractivity contribution is 0.623. The van der Waals surface area contributed by atoms with Crippen molar-refractivity contribution in [3.63, 3.8) is 0 Å². The highest BCUT2D eigenvalue weighted by molar-refractivity contribution is 14.1. The Labute approximate surface area is 148 Å². The number of alkyl halides is 1. The summed E-state index contributed by atoms with van der Waals surface area (Å²) in [6.45, 7) is 1.86. The first-order valence-electron chi connectivity index (χ1n) is 6.25. The van der Waals surface area contributed by atoms with Crippen LogP contribution >= 0.6 is 50.1 Å². The van der Waals surface area contributed by atoms with Gasteiger partial charge in [0.05, 0.1) is 26.6 Å². The van der Waals surface area contributed by atoms with Crippen LogP contribution in [-0.2, 0) is 0 Å². The van der Waals surface area contributed by atoms with Crippen molar-refractivity contribution in [3.05, 3.63) is 56.1 Å². The Bertz CT molecular complexity index is 832. The third kappa shape index (κ3) is 2.71. The molecule has 3 rings (SSSR count). The molecular formula is C15H10BrClFIN2. The smallest absolute Gasteiger partial charge is 0.139 e. The van der Waals surface area contributed by atoms with Crippen LogP contribution in [0.15, 0.2) is 40.9 Å². The van der Waals surface area contributed by atoms with E-state index in [9.17, 15) is 4.39 Å². The molecule has 0 N–H and O–H groups in total. The molecule has 0 amide bonds. The summed E-state index contributed by atoms with van der Waals surface area (Å²) in [6, 6.07) is 11.1. The maximum atomic E-state index is 13.7. The molecule has 0 aliphatic heterocycles. The fourth-order valence-corrected chi connectivity index (χ4v) is 3.35. The molecule has 2 aromatic carbocycles. The number of nitrogens with zero attached hydrogens (tertiary/aromatic N) is 2. The Hall–Kier alpha value is -0.660. The van der Waals surface area contributed by atoms with Gasteiger partial charge in [-0.15, -0.1) is 11.6 Å². The van der Waals surface area contributed by atoms with Crippen LogP contribution in [0, 0.1) is 9.39 Å². The van der Waals surface area contributed by atoms with Gasteiger partial charge in [0.1, 0.15) is 11.6 Å². The van der Waals surface area contributed by atoms with Crippen molar-refractivity contribution < 1.29 is 4.39 Å². The Kier molecular flexibility index (Phi) is 4.25. The van der Waals surface area contributed by atoms with E-state index in [0.717, 1.165) is 14.8 Å². The van der Waals surface area contributed by atoms with Crippen LogP contribution in [0.25, 0.3) is 16.7 Å². The average Bonchev–Trinajstić information content (AvgIpc) is 2.78. The zero-order valence-electron chi connectivity index (χ0n) is 10.9. The predicted octanol–water partition coefficient (Wildman–Crippen LogP) is 5.83. The standard InChI is InChI=1S/C15H10BrClFIN2/c1-8(17)15-20-12-7-10(18)9(16)6-14(12)21(15)13-5-3-2-4-11(13)19/h2-8H,1H3. The number of aromatic nitrogens is 2. The number of hydrogen-bond donors (Lipinski definition) is 0. The largest absolute Gasteiger partial charge is 0.294 e. The fraction of sp³-hybridized carbons (Fsp3) is 0.133. The number of benzene rings is 2. The quantitative estimate of drug-likeness (QED) is 0.334. The molecule has 6 heteroatoms. The summed E-state index contributed by atoms with van der Waals surface area (Å²) in [5.74, 6) is 0.372. The Morgan fingerprint density at radius 1 is 1.33 bits per heavy atom. The van der Waals surface area contributed by atoms with Gasteiger partial charge in [-0.05, 0) is 63.6 Å². The number of hydrogen-bond acceptors (Lipinski definition) is 1. The average molecular weight is 480 g/mol. The minimum atomic E-state index is -0.330. The second kappa shape index (κ2) is 5.85. The molecule has 0 aliphatic rings. The van der Waals surface area contributed by atoms with E-state index in [1.165, 1.54) is 6.07 Å². The van der Waals surface area contributed by atoms with Crippen LogP contribution < -0.4 is 0 Å². The normalized spacial score (nSPS) is 12.8. The number of imidazole rings is 1. The molecule has 21 heavy (non-hydrogen) atoms. The lowest BCUT2D eigenvalue weighted by atomic mass is 10.2. The molecular weight excluding hydrogens is 469 g/mol. The van der Waals surface area contributed by atoms with E-state index in [0.29, 0.717) is 15.8 Å². The monoisotopic (exact) mass is 478 g/mol. The molecule has 1 heterocycles. The van der Waals surface area contributed by atoms with E-state index in [1.54, 1.807) is 6.07 Å². The molecule has 1 aromatic heterocycles. The highest BCUT2D eigenvalue weighted by Gasteiger charge is 2.19. The van der Waals surface area contributed by atoms with Gasteiger partial charge in [-0.2, -0.15) is 0 Å². The molecule has 108 valence electrons. The summed E-state index contributed by atoms with van der Waals surface area (Å²) in [4.78, 5) is 4.50. The lowest BCUT2D eigenvalue weighted by Crippen LogP contribution is -2.03. The second-order valence-corrected chi connectivity index (χ2v) is 7.30. The molecule has 2 nitrogen and oxygen atoms in total. The van der Waals surface area contributed by atoms with Gasteiger partial charge < -0.3 is 0 Å². The van der Waals surface area contributed by atoms with Crippen LogP contribution in [0.1, 0.15) is 18.1 Å². The number of para-hydroxylation sites is 1. The van der Waals surface area contributed by atoms with Crippen LogP contribution in [0.3, 0.4) is 0 Å².